The third-order valence-corrected chi connectivity index (χ3v) is 2.81. The van der Waals surface area contributed by atoms with Gasteiger partial charge in [-0.1, -0.05) is 19.9 Å². The summed E-state index contributed by atoms with van der Waals surface area (Å²) in [7, 11) is 1.59. The predicted molar refractivity (Wildman–Crippen MR) is 74.3 cm³/mol. The van der Waals surface area contributed by atoms with E-state index in [0.29, 0.717) is 23.7 Å². The van der Waals surface area contributed by atoms with Crippen molar-refractivity contribution in [1.82, 2.24) is 0 Å². The van der Waals surface area contributed by atoms with Crippen LogP contribution < -0.4 is 10.5 Å². The Hall–Kier alpha value is -1.35. The quantitative estimate of drug-likeness (QED) is 0.816. The molecule has 100 valence electrons. The van der Waals surface area contributed by atoms with E-state index in [9.17, 15) is 4.79 Å². The van der Waals surface area contributed by atoms with E-state index >= 15 is 0 Å². The topological polar surface area (TPSA) is 52.3 Å². The summed E-state index contributed by atoms with van der Waals surface area (Å²) in [6, 6.07) is 5.74. The Balaban J connectivity index is 3.06. The molecule has 0 unspecified atom stereocenters. The Labute approximate surface area is 109 Å². The lowest BCUT2D eigenvalue weighted by molar-refractivity contribution is 0.0957. The molecular formula is C15H23NO2. The number of Topliss-reactive ketones (excluding diaryl/α,β-unsaturated/α-hetero) is 1. The monoisotopic (exact) mass is 249 g/mol. The molecule has 0 amide bonds. The number of carbonyl (C=O) groups excluding carboxylic acids is 1. The smallest absolute Gasteiger partial charge is 0.168 e. The molecule has 3 heteroatoms. The van der Waals surface area contributed by atoms with E-state index in [-0.39, 0.29) is 5.78 Å². The first-order valence-corrected chi connectivity index (χ1v) is 6.24. The molecular weight excluding hydrogens is 226 g/mol. The van der Waals surface area contributed by atoms with Crippen LogP contribution in [0, 0.1) is 0 Å². The lowest BCUT2D eigenvalue weighted by atomic mass is 9.93. The molecule has 1 aromatic rings. The van der Waals surface area contributed by atoms with Crippen LogP contribution in [0.5, 0.6) is 5.75 Å². The number of hydrogen-bond acceptors (Lipinski definition) is 3. The van der Waals surface area contributed by atoms with Gasteiger partial charge < -0.3 is 10.5 Å². The van der Waals surface area contributed by atoms with Gasteiger partial charge in [0.1, 0.15) is 5.75 Å². The molecule has 0 fully saturated rings. The Bertz CT molecular complexity index is 431. The summed E-state index contributed by atoms with van der Waals surface area (Å²) >= 11 is 0. The van der Waals surface area contributed by atoms with Crippen molar-refractivity contribution in [2.45, 2.75) is 45.6 Å². The molecule has 2 N–H and O–H groups in total. The second-order valence-corrected chi connectivity index (χ2v) is 5.70. The molecule has 0 atom stereocenters. The largest absolute Gasteiger partial charge is 0.496 e. The zero-order chi connectivity index (χ0) is 13.9. The predicted octanol–water partition coefficient (Wildman–Crippen LogP) is 3.13. The van der Waals surface area contributed by atoms with Crippen molar-refractivity contribution in [2.75, 3.05) is 7.11 Å². The van der Waals surface area contributed by atoms with Crippen LogP contribution in [-0.4, -0.2) is 18.4 Å². The van der Waals surface area contributed by atoms with Gasteiger partial charge in [-0.2, -0.15) is 0 Å². The summed E-state index contributed by atoms with van der Waals surface area (Å²) in [5, 5.41) is 0. The lowest BCUT2D eigenvalue weighted by Gasteiger charge is -2.18. The van der Waals surface area contributed by atoms with E-state index < -0.39 is 5.54 Å². The molecule has 0 aliphatic carbocycles. The zero-order valence-electron chi connectivity index (χ0n) is 11.9. The van der Waals surface area contributed by atoms with Gasteiger partial charge in [0.2, 0.25) is 0 Å². The summed E-state index contributed by atoms with van der Waals surface area (Å²) in [5.74, 6) is 1.07. The van der Waals surface area contributed by atoms with Gasteiger partial charge in [-0.15, -0.1) is 0 Å². The fourth-order valence-electron chi connectivity index (χ4n) is 1.81. The van der Waals surface area contributed by atoms with Crippen LogP contribution in [0.1, 0.15) is 56.0 Å². The van der Waals surface area contributed by atoms with Gasteiger partial charge in [0.25, 0.3) is 0 Å². The minimum atomic E-state index is -0.501. The first-order chi connectivity index (χ1) is 8.24. The minimum absolute atomic E-state index is 0.0228. The highest BCUT2D eigenvalue weighted by Crippen LogP contribution is 2.26. The number of rotatable bonds is 5. The average molecular weight is 249 g/mol. The summed E-state index contributed by atoms with van der Waals surface area (Å²) in [6.07, 6.45) is 0.310. The summed E-state index contributed by atoms with van der Waals surface area (Å²) in [4.78, 5) is 12.2. The number of nitrogens with two attached hydrogens (primary N) is 1. The SMILES string of the molecule is COc1cc(C(C)C)ccc1C(=O)CC(C)(C)N. The Morgan fingerprint density at radius 1 is 1.39 bits per heavy atom. The van der Waals surface area contributed by atoms with Gasteiger partial charge in [-0.3, -0.25) is 4.79 Å². The first kappa shape index (κ1) is 14.7. The highest BCUT2D eigenvalue weighted by Gasteiger charge is 2.20. The number of methoxy groups -OCH3 is 1. The molecule has 0 aliphatic heterocycles. The van der Waals surface area contributed by atoms with Gasteiger partial charge in [0.05, 0.1) is 12.7 Å². The van der Waals surface area contributed by atoms with Gasteiger partial charge in [0.15, 0.2) is 5.78 Å². The minimum Gasteiger partial charge on any atom is -0.496 e. The third kappa shape index (κ3) is 3.84. The van der Waals surface area contributed by atoms with Crippen LogP contribution in [0.15, 0.2) is 18.2 Å². The van der Waals surface area contributed by atoms with Crippen molar-refractivity contribution in [3.8, 4) is 5.75 Å². The molecule has 0 bridgehead atoms. The van der Waals surface area contributed by atoms with Crippen molar-refractivity contribution < 1.29 is 9.53 Å². The fourth-order valence-corrected chi connectivity index (χ4v) is 1.81. The number of ketones is 1. The molecule has 0 aliphatic rings. The molecule has 18 heavy (non-hydrogen) atoms. The van der Waals surface area contributed by atoms with Crippen molar-refractivity contribution in [2.24, 2.45) is 5.73 Å². The lowest BCUT2D eigenvalue weighted by Crippen LogP contribution is -2.34. The number of ether oxygens (including phenoxy) is 1. The van der Waals surface area contributed by atoms with Crippen molar-refractivity contribution >= 4 is 5.78 Å². The second kappa shape index (κ2) is 5.53. The molecule has 0 saturated carbocycles. The summed E-state index contributed by atoms with van der Waals surface area (Å²) in [5.41, 5.74) is 7.15. The Morgan fingerprint density at radius 3 is 2.44 bits per heavy atom. The normalized spacial score (nSPS) is 11.7. The molecule has 1 rings (SSSR count). The number of benzene rings is 1. The van der Waals surface area contributed by atoms with Crippen molar-refractivity contribution in [3.63, 3.8) is 0 Å². The highest BCUT2D eigenvalue weighted by atomic mass is 16.5. The maximum atomic E-state index is 12.2. The maximum absolute atomic E-state index is 12.2. The van der Waals surface area contributed by atoms with Gasteiger partial charge in [0, 0.05) is 12.0 Å². The Morgan fingerprint density at radius 2 is 2.00 bits per heavy atom. The number of carbonyl (C=O) groups is 1. The van der Waals surface area contributed by atoms with E-state index in [4.69, 9.17) is 10.5 Å². The van der Waals surface area contributed by atoms with Crippen LogP contribution in [0.2, 0.25) is 0 Å². The van der Waals surface area contributed by atoms with Crippen LogP contribution in [0.3, 0.4) is 0 Å². The zero-order valence-corrected chi connectivity index (χ0v) is 11.9. The molecule has 1 aromatic carbocycles. The van der Waals surface area contributed by atoms with Gasteiger partial charge in [-0.05, 0) is 37.5 Å². The fraction of sp³-hybridized carbons (Fsp3) is 0.533. The van der Waals surface area contributed by atoms with E-state index in [1.807, 2.05) is 32.0 Å². The van der Waals surface area contributed by atoms with Crippen LogP contribution in [-0.2, 0) is 0 Å². The maximum Gasteiger partial charge on any atom is 0.168 e. The Kier molecular flexibility index (Phi) is 4.52. The molecule has 0 heterocycles. The summed E-state index contributed by atoms with van der Waals surface area (Å²) < 4.78 is 5.31. The van der Waals surface area contributed by atoms with E-state index in [2.05, 4.69) is 13.8 Å². The number of hydrogen-bond donors (Lipinski definition) is 1. The summed E-state index contributed by atoms with van der Waals surface area (Å²) in [6.45, 7) is 7.91. The highest BCUT2D eigenvalue weighted by molar-refractivity contribution is 5.99. The molecule has 0 spiro atoms. The van der Waals surface area contributed by atoms with Crippen LogP contribution >= 0.6 is 0 Å². The molecule has 0 aromatic heterocycles. The van der Waals surface area contributed by atoms with Crippen molar-refractivity contribution in [3.05, 3.63) is 29.3 Å². The molecule has 0 radical (unpaired) electrons. The van der Waals surface area contributed by atoms with E-state index in [0.717, 1.165) is 5.56 Å². The second-order valence-electron chi connectivity index (χ2n) is 5.70. The first-order valence-electron chi connectivity index (χ1n) is 6.24. The third-order valence-electron chi connectivity index (χ3n) is 2.81. The average Bonchev–Trinajstić information content (AvgIpc) is 2.25. The van der Waals surface area contributed by atoms with Crippen LogP contribution in [0.4, 0.5) is 0 Å². The van der Waals surface area contributed by atoms with Crippen molar-refractivity contribution in [1.29, 1.82) is 0 Å². The standard InChI is InChI=1S/C15H23NO2/c1-10(2)11-6-7-12(14(8-11)18-5)13(17)9-15(3,4)16/h6-8,10H,9,16H2,1-5H3. The van der Waals surface area contributed by atoms with Gasteiger partial charge >= 0.3 is 0 Å². The van der Waals surface area contributed by atoms with E-state index in [1.54, 1.807) is 7.11 Å². The molecule has 0 saturated heterocycles. The van der Waals surface area contributed by atoms with E-state index in [1.165, 1.54) is 0 Å². The van der Waals surface area contributed by atoms with Gasteiger partial charge in [-0.25, -0.2) is 0 Å². The molecule has 3 nitrogen and oxygen atoms in total. The van der Waals surface area contributed by atoms with Crippen LogP contribution in [0.25, 0.3) is 0 Å².